The Morgan fingerprint density at radius 3 is 2.47 bits per heavy atom. The summed E-state index contributed by atoms with van der Waals surface area (Å²) in [6, 6.07) is 6.02. The molecule has 0 heterocycles. The van der Waals surface area contributed by atoms with E-state index in [0.717, 1.165) is 29.0 Å². The molecule has 1 unspecified atom stereocenters. The summed E-state index contributed by atoms with van der Waals surface area (Å²) < 4.78 is -0.545. The average molecular weight is 318 g/mol. The van der Waals surface area contributed by atoms with E-state index in [4.69, 9.17) is 23.2 Å². The highest BCUT2D eigenvalue weighted by molar-refractivity contribution is 8.00. The molecule has 0 aromatic heterocycles. The van der Waals surface area contributed by atoms with Crippen molar-refractivity contribution in [1.29, 1.82) is 0 Å². The Bertz CT molecular complexity index is 470. The molecule has 1 atom stereocenters. The minimum atomic E-state index is -0.545. The van der Waals surface area contributed by atoms with Gasteiger partial charge in [-0.3, -0.25) is 4.79 Å². The highest BCUT2D eigenvalue weighted by atomic mass is 35.5. The van der Waals surface area contributed by atoms with E-state index in [1.165, 1.54) is 0 Å². The third kappa shape index (κ3) is 4.59. The normalized spacial score (nSPS) is 20.1. The van der Waals surface area contributed by atoms with Crippen LogP contribution in [-0.2, 0) is 4.79 Å². The second-order valence-electron chi connectivity index (χ2n) is 5.10. The lowest BCUT2D eigenvalue weighted by Crippen LogP contribution is -2.15. The number of aryl methyl sites for hydroxylation is 2. The van der Waals surface area contributed by atoms with Gasteiger partial charge in [-0.05, 0) is 49.3 Å². The zero-order chi connectivity index (χ0) is 14.0. The van der Waals surface area contributed by atoms with Crippen LogP contribution < -0.4 is 5.32 Å². The van der Waals surface area contributed by atoms with Gasteiger partial charge in [-0.25, -0.2) is 0 Å². The highest BCUT2D eigenvalue weighted by Crippen LogP contribution is 2.54. The lowest BCUT2D eigenvalue weighted by molar-refractivity contribution is -0.113. The molecular formula is C14H17Cl2NOS. The lowest BCUT2D eigenvalue weighted by Gasteiger charge is -2.07. The van der Waals surface area contributed by atoms with Crippen LogP contribution in [0.1, 0.15) is 17.5 Å². The number of anilines is 1. The second kappa shape index (κ2) is 5.94. The predicted molar refractivity (Wildman–Crippen MR) is 84.4 cm³/mol. The summed E-state index contributed by atoms with van der Waals surface area (Å²) in [5.41, 5.74) is 3.16. The Morgan fingerprint density at radius 1 is 1.37 bits per heavy atom. The molecule has 1 N–H and O–H groups in total. The van der Waals surface area contributed by atoms with E-state index >= 15 is 0 Å². The SMILES string of the molecule is Cc1cc(C)cc(NC(=O)CSCC2CC2(Cl)Cl)c1. The Labute approximate surface area is 128 Å². The van der Waals surface area contributed by atoms with Crippen LogP contribution in [0.4, 0.5) is 5.69 Å². The number of carbonyl (C=O) groups excluding carboxylic acids is 1. The fourth-order valence-corrected chi connectivity index (χ4v) is 3.76. The van der Waals surface area contributed by atoms with Crippen molar-refractivity contribution in [2.24, 2.45) is 5.92 Å². The van der Waals surface area contributed by atoms with E-state index in [1.807, 2.05) is 26.0 Å². The van der Waals surface area contributed by atoms with Gasteiger partial charge in [-0.1, -0.05) is 6.07 Å². The van der Waals surface area contributed by atoms with Crippen molar-refractivity contribution in [3.63, 3.8) is 0 Å². The first-order valence-electron chi connectivity index (χ1n) is 6.20. The number of amides is 1. The molecule has 1 amide bonds. The molecule has 1 aliphatic rings. The Hall–Kier alpha value is -0.380. The van der Waals surface area contributed by atoms with Gasteiger partial charge < -0.3 is 5.32 Å². The minimum Gasteiger partial charge on any atom is -0.325 e. The summed E-state index contributed by atoms with van der Waals surface area (Å²) in [6.45, 7) is 4.04. The van der Waals surface area contributed by atoms with Crippen LogP contribution in [0.3, 0.4) is 0 Å². The number of hydrogen-bond acceptors (Lipinski definition) is 2. The van der Waals surface area contributed by atoms with Gasteiger partial charge in [0.1, 0.15) is 4.33 Å². The molecule has 0 spiro atoms. The van der Waals surface area contributed by atoms with Gasteiger partial charge in [0.05, 0.1) is 5.75 Å². The summed E-state index contributed by atoms with van der Waals surface area (Å²) in [7, 11) is 0. The standard InChI is InChI=1S/C14H17Cl2NOS/c1-9-3-10(2)5-12(4-9)17-13(18)8-19-7-11-6-14(11,15)16/h3-5,11H,6-8H2,1-2H3,(H,17,18). The van der Waals surface area contributed by atoms with E-state index in [2.05, 4.69) is 11.4 Å². The van der Waals surface area contributed by atoms with E-state index in [0.29, 0.717) is 11.7 Å². The van der Waals surface area contributed by atoms with Crippen LogP contribution in [0.15, 0.2) is 18.2 Å². The Kier molecular flexibility index (Phi) is 4.70. The number of nitrogens with one attached hydrogen (secondary N) is 1. The molecule has 0 saturated heterocycles. The van der Waals surface area contributed by atoms with Crippen LogP contribution in [0.25, 0.3) is 0 Å². The summed E-state index contributed by atoms with van der Waals surface area (Å²) >= 11 is 13.5. The van der Waals surface area contributed by atoms with Crippen molar-refractivity contribution in [1.82, 2.24) is 0 Å². The molecule has 0 bridgehead atoms. The van der Waals surface area contributed by atoms with Crippen molar-refractivity contribution in [2.45, 2.75) is 24.6 Å². The number of benzene rings is 1. The van der Waals surface area contributed by atoms with Crippen LogP contribution >= 0.6 is 35.0 Å². The van der Waals surface area contributed by atoms with Crippen molar-refractivity contribution >= 4 is 46.6 Å². The minimum absolute atomic E-state index is 0.0189. The third-order valence-corrected chi connectivity index (χ3v) is 5.04. The molecule has 1 aromatic carbocycles. The lowest BCUT2D eigenvalue weighted by atomic mass is 10.1. The molecule has 1 saturated carbocycles. The summed E-state index contributed by atoms with van der Waals surface area (Å²) in [5.74, 6) is 1.63. The molecule has 2 nitrogen and oxygen atoms in total. The molecule has 1 aromatic rings. The molecule has 19 heavy (non-hydrogen) atoms. The molecule has 1 aliphatic carbocycles. The van der Waals surface area contributed by atoms with Crippen LogP contribution in [-0.4, -0.2) is 21.7 Å². The fraction of sp³-hybridized carbons (Fsp3) is 0.500. The van der Waals surface area contributed by atoms with E-state index in [9.17, 15) is 4.79 Å². The summed E-state index contributed by atoms with van der Waals surface area (Å²) in [5, 5.41) is 2.91. The van der Waals surface area contributed by atoms with Gasteiger partial charge in [-0.2, -0.15) is 11.8 Å². The first-order chi connectivity index (χ1) is 8.87. The summed E-state index contributed by atoms with van der Waals surface area (Å²) in [4.78, 5) is 11.8. The van der Waals surface area contributed by atoms with Gasteiger partial charge >= 0.3 is 0 Å². The fourth-order valence-electron chi connectivity index (χ4n) is 1.99. The van der Waals surface area contributed by atoms with Crippen molar-refractivity contribution in [2.75, 3.05) is 16.8 Å². The maximum atomic E-state index is 11.8. The quantitative estimate of drug-likeness (QED) is 0.826. The Balaban J connectivity index is 1.75. The molecule has 0 radical (unpaired) electrons. The van der Waals surface area contributed by atoms with E-state index in [1.54, 1.807) is 11.8 Å². The van der Waals surface area contributed by atoms with Gasteiger partial charge in [-0.15, -0.1) is 23.2 Å². The molecule has 1 fully saturated rings. The third-order valence-electron chi connectivity index (χ3n) is 3.01. The highest BCUT2D eigenvalue weighted by Gasteiger charge is 2.51. The van der Waals surface area contributed by atoms with Crippen molar-refractivity contribution in [3.05, 3.63) is 29.3 Å². The zero-order valence-corrected chi connectivity index (χ0v) is 13.3. The van der Waals surface area contributed by atoms with Crippen molar-refractivity contribution < 1.29 is 4.79 Å². The summed E-state index contributed by atoms with van der Waals surface area (Å²) in [6.07, 6.45) is 0.835. The van der Waals surface area contributed by atoms with Crippen LogP contribution in [0, 0.1) is 19.8 Å². The Morgan fingerprint density at radius 2 is 1.95 bits per heavy atom. The number of alkyl halides is 2. The van der Waals surface area contributed by atoms with Crippen molar-refractivity contribution in [3.8, 4) is 0 Å². The van der Waals surface area contributed by atoms with Crippen LogP contribution in [0.2, 0.25) is 0 Å². The molecule has 0 aliphatic heterocycles. The maximum Gasteiger partial charge on any atom is 0.234 e. The zero-order valence-electron chi connectivity index (χ0n) is 11.0. The van der Waals surface area contributed by atoms with E-state index in [-0.39, 0.29) is 5.91 Å². The predicted octanol–water partition coefficient (Wildman–Crippen LogP) is 4.17. The molecule has 2 rings (SSSR count). The maximum absolute atomic E-state index is 11.8. The number of thioether (sulfide) groups is 1. The largest absolute Gasteiger partial charge is 0.325 e. The molecule has 104 valence electrons. The first kappa shape index (κ1) is 15.0. The first-order valence-corrected chi connectivity index (χ1v) is 8.11. The van der Waals surface area contributed by atoms with Gasteiger partial charge in [0.2, 0.25) is 5.91 Å². The van der Waals surface area contributed by atoms with Gasteiger partial charge in [0.25, 0.3) is 0 Å². The number of hydrogen-bond donors (Lipinski definition) is 1. The molecular weight excluding hydrogens is 301 g/mol. The number of rotatable bonds is 5. The van der Waals surface area contributed by atoms with Gasteiger partial charge in [0.15, 0.2) is 0 Å². The second-order valence-corrected chi connectivity index (χ2v) is 7.67. The molecule has 5 heteroatoms. The number of carbonyl (C=O) groups is 1. The number of halogens is 2. The van der Waals surface area contributed by atoms with Gasteiger partial charge in [0, 0.05) is 11.6 Å². The average Bonchev–Trinajstić information content (AvgIpc) is 2.84. The topological polar surface area (TPSA) is 29.1 Å². The smallest absolute Gasteiger partial charge is 0.234 e. The van der Waals surface area contributed by atoms with E-state index < -0.39 is 4.33 Å². The monoisotopic (exact) mass is 317 g/mol. The van der Waals surface area contributed by atoms with Crippen LogP contribution in [0.5, 0.6) is 0 Å².